The third kappa shape index (κ3) is 3.66. The molecule has 2 heteroatoms. The fraction of sp³-hybridized carbons (Fsp3) is 1.00. The average Bonchev–Trinajstić information content (AvgIpc) is 2.14. The molecule has 1 saturated heterocycles. The number of ether oxygens (including phenoxy) is 1. The van der Waals surface area contributed by atoms with Gasteiger partial charge in [0.05, 0.1) is 11.2 Å². The van der Waals surface area contributed by atoms with Crippen LogP contribution in [0.2, 0.25) is 0 Å². The minimum Gasteiger partial charge on any atom is -0.369 e. The van der Waals surface area contributed by atoms with Crippen molar-refractivity contribution in [2.45, 2.75) is 88.9 Å². The normalized spacial score (nSPS) is 36.4. The molecule has 1 rings (SSSR count). The van der Waals surface area contributed by atoms with Gasteiger partial charge in [-0.15, -0.1) is 0 Å². The van der Waals surface area contributed by atoms with Gasteiger partial charge in [0.1, 0.15) is 0 Å². The van der Waals surface area contributed by atoms with Crippen molar-refractivity contribution in [3.8, 4) is 0 Å². The van der Waals surface area contributed by atoms with Crippen LogP contribution in [0.1, 0.15) is 67.2 Å². The fourth-order valence-electron chi connectivity index (χ4n) is 2.86. The summed E-state index contributed by atoms with van der Waals surface area (Å²) in [5, 5.41) is 1.46. The van der Waals surface area contributed by atoms with Gasteiger partial charge in [-0.2, -0.15) is 11.8 Å². The van der Waals surface area contributed by atoms with Crippen LogP contribution in [0, 0.1) is 0 Å². The van der Waals surface area contributed by atoms with Crippen molar-refractivity contribution in [3.63, 3.8) is 0 Å². The highest BCUT2D eigenvalue weighted by molar-refractivity contribution is 8.00. The SMILES string of the molecule is CCC(C)(CC)OC1(C)CC(C)SC(C)C1. The van der Waals surface area contributed by atoms with Crippen molar-refractivity contribution in [2.24, 2.45) is 0 Å². The first-order valence-corrected chi connectivity index (χ1v) is 7.62. The van der Waals surface area contributed by atoms with Crippen LogP contribution in [0.3, 0.4) is 0 Å². The number of hydrogen-bond donors (Lipinski definition) is 0. The van der Waals surface area contributed by atoms with Gasteiger partial charge in [-0.05, 0) is 39.5 Å². The second-order valence-electron chi connectivity index (χ2n) is 5.87. The Labute approximate surface area is 106 Å². The lowest BCUT2D eigenvalue weighted by Crippen LogP contribution is -2.45. The van der Waals surface area contributed by atoms with Crippen LogP contribution >= 0.6 is 11.8 Å². The molecule has 0 N–H and O–H groups in total. The van der Waals surface area contributed by atoms with Crippen molar-refractivity contribution in [3.05, 3.63) is 0 Å². The summed E-state index contributed by atoms with van der Waals surface area (Å²) in [6.07, 6.45) is 4.60. The van der Waals surface area contributed by atoms with E-state index in [0.29, 0.717) is 0 Å². The summed E-state index contributed by atoms with van der Waals surface area (Å²) < 4.78 is 6.49. The lowest BCUT2D eigenvalue weighted by atomic mass is 9.90. The summed E-state index contributed by atoms with van der Waals surface area (Å²) in [5.41, 5.74) is 0.154. The Kier molecular flexibility index (Phi) is 4.76. The van der Waals surface area contributed by atoms with Crippen molar-refractivity contribution in [2.75, 3.05) is 0 Å². The van der Waals surface area contributed by atoms with Crippen LogP contribution in [-0.2, 0) is 4.74 Å². The van der Waals surface area contributed by atoms with Gasteiger partial charge in [0.25, 0.3) is 0 Å². The summed E-state index contributed by atoms with van der Waals surface area (Å²) in [7, 11) is 0. The van der Waals surface area contributed by atoms with Gasteiger partial charge in [-0.25, -0.2) is 0 Å². The van der Waals surface area contributed by atoms with Gasteiger partial charge < -0.3 is 4.74 Å². The van der Waals surface area contributed by atoms with E-state index in [1.165, 1.54) is 12.8 Å². The predicted octanol–water partition coefficient (Wildman–Crippen LogP) is 4.64. The van der Waals surface area contributed by atoms with Crippen LogP contribution in [0.5, 0.6) is 0 Å². The molecule has 1 fully saturated rings. The summed E-state index contributed by atoms with van der Waals surface area (Å²) >= 11 is 2.10. The molecule has 0 aromatic heterocycles. The highest BCUT2D eigenvalue weighted by Gasteiger charge is 2.39. The van der Waals surface area contributed by atoms with Gasteiger partial charge in [-0.1, -0.05) is 27.7 Å². The molecule has 0 aromatic carbocycles. The highest BCUT2D eigenvalue weighted by Crippen LogP contribution is 2.42. The molecule has 0 aliphatic carbocycles. The third-order valence-corrected chi connectivity index (χ3v) is 5.15. The van der Waals surface area contributed by atoms with E-state index in [2.05, 4.69) is 53.3 Å². The molecule has 1 nitrogen and oxygen atoms in total. The quantitative estimate of drug-likeness (QED) is 0.712. The smallest absolute Gasteiger partial charge is 0.0682 e. The molecule has 0 spiro atoms. The van der Waals surface area contributed by atoms with E-state index in [1.807, 2.05) is 0 Å². The molecule has 96 valence electrons. The fourth-order valence-corrected chi connectivity index (χ4v) is 4.56. The van der Waals surface area contributed by atoms with Crippen LogP contribution in [-0.4, -0.2) is 21.7 Å². The highest BCUT2D eigenvalue weighted by atomic mass is 32.2. The van der Waals surface area contributed by atoms with E-state index in [-0.39, 0.29) is 11.2 Å². The molecule has 0 amide bonds. The van der Waals surface area contributed by atoms with Crippen LogP contribution < -0.4 is 0 Å². The predicted molar refractivity (Wildman–Crippen MR) is 74.2 cm³/mol. The first-order chi connectivity index (χ1) is 7.32. The molecule has 0 aromatic rings. The molecule has 1 aliphatic rings. The average molecular weight is 244 g/mol. The van der Waals surface area contributed by atoms with Crippen LogP contribution in [0.4, 0.5) is 0 Å². The summed E-state index contributed by atoms with van der Waals surface area (Å²) in [4.78, 5) is 0. The third-order valence-electron chi connectivity index (χ3n) is 3.89. The Morgan fingerprint density at radius 3 is 2.00 bits per heavy atom. The number of rotatable bonds is 4. The Bertz CT molecular complexity index is 213. The molecule has 0 saturated carbocycles. The van der Waals surface area contributed by atoms with Gasteiger partial charge in [-0.3, -0.25) is 0 Å². The zero-order chi connectivity index (χ0) is 12.4. The number of thioether (sulfide) groups is 1. The van der Waals surface area contributed by atoms with E-state index < -0.39 is 0 Å². The van der Waals surface area contributed by atoms with Crippen molar-refractivity contribution < 1.29 is 4.74 Å². The molecular weight excluding hydrogens is 216 g/mol. The minimum absolute atomic E-state index is 0.0657. The summed E-state index contributed by atoms with van der Waals surface area (Å²) in [5.74, 6) is 0. The topological polar surface area (TPSA) is 9.23 Å². The van der Waals surface area contributed by atoms with E-state index in [9.17, 15) is 0 Å². The second-order valence-corrected chi connectivity index (χ2v) is 7.76. The van der Waals surface area contributed by atoms with Crippen molar-refractivity contribution in [1.82, 2.24) is 0 Å². The largest absolute Gasteiger partial charge is 0.369 e. The zero-order valence-corrected chi connectivity index (χ0v) is 12.6. The lowest BCUT2D eigenvalue weighted by molar-refractivity contribution is -0.151. The molecular formula is C14H28OS. The molecule has 1 aliphatic heterocycles. The van der Waals surface area contributed by atoms with Gasteiger partial charge in [0.15, 0.2) is 0 Å². The van der Waals surface area contributed by atoms with Crippen molar-refractivity contribution in [1.29, 1.82) is 0 Å². The first kappa shape index (κ1) is 14.4. The molecule has 1 heterocycles. The Morgan fingerprint density at radius 1 is 1.19 bits per heavy atom. The Morgan fingerprint density at radius 2 is 1.62 bits per heavy atom. The van der Waals surface area contributed by atoms with Gasteiger partial charge >= 0.3 is 0 Å². The lowest BCUT2D eigenvalue weighted by Gasteiger charge is -2.45. The Hall–Kier alpha value is 0.310. The maximum absolute atomic E-state index is 6.49. The molecule has 2 unspecified atom stereocenters. The van der Waals surface area contributed by atoms with E-state index >= 15 is 0 Å². The summed E-state index contributed by atoms with van der Waals surface area (Å²) in [6, 6.07) is 0. The van der Waals surface area contributed by atoms with E-state index in [0.717, 1.165) is 23.3 Å². The molecule has 16 heavy (non-hydrogen) atoms. The zero-order valence-electron chi connectivity index (χ0n) is 11.8. The van der Waals surface area contributed by atoms with Crippen LogP contribution in [0.25, 0.3) is 0 Å². The maximum Gasteiger partial charge on any atom is 0.0682 e. The van der Waals surface area contributed by atoms with E-state index in [4.69, 9.17) is 4.74 Å². The molecule has 0 radical (unpaired) electrons. The first-order valence-electron chi connectivity index (χ1n) is 6.68. The van der Waals surface area contributed by atoms with Gasteiger partial charge in [0, 0.05) is 10.5 Å². The number of hydrogen-bond acceptors (Lipinski definition) is 2. The maximum atomic E-state index is 6.49. The standard InChI is InChI=1S/C14H28OS/c1-7-13(5,8-2)15-14(6)9-11(3)16-12(4)10-14/h11-12H,7-10H2,1-6H3. The summed E-state index contributed by atoms with van der Waals surface area (Å²) in [6.45, 7) is 13.7. The Balaban J connectivity index is 2.69. The van der Waals surface area contributed by atoms with Crippen molar-refractivity contribution >= 4 is 11.8 Å². The van der Waals surface area contributed by atoms with Gasteiger partial charge in [0.2, 0.25) is 0 Å². The second kappa shape index (κ2) is 5.30. The van der Waals surface area contributed by atoms with Crippen LogP contribution in [0.15, 0.2) is 0 Å². The minimum atomic E-state index is 0.0657. The monoisotopic (exact) mass is 244 g/mol. The van der Waals surface area contributed by atoms with E-state index in [1.54, 1.807) is 0 Å². The molecule has 2 atom stereocenters. The molecule has 0 bridgehead atoms.